The molecule has 0 aliphatic rings. The fraction of sp³-hybridized carbons (Fsp3) is 0.889. The molecule has 0 radical (unpaired) electrons. The number of alkyl halides is 17. The van der Waals surface area contributed by atoms with Gasteiger partial charge in [0.2, 0.25) is 0 Å². The monoisotopic (exact) mass is 520 g/mol. The quantitative estimate of drug-likeness (QED) is 0.402. The Bertz CT molecular complexity index is 653. The molecular weight excluding hydrogens is 518 g/mol. The molecule has 0 aliphatic carbocycles. The van der Waals surface area contributed by atoms with Crippen LogP contribution in [0.5, 0.6) is 0 Å². The van der Waals surface area contributed by atoms with Crippen molar-refractivity contribution in [2.75, 3.05) is 0 Å². The Morgan fingerprint density at radius 2 is 0.903 bits per heavy atom. The molecule has 0 rings (SSSR count). The van der Waals surface area contributed by atoms with Gasteiger partial charge in [-0.25, -0.2) is 4.79 Å². The minimum atomic E-state index is -8.09. The Labute approximate surface area is 178 Å². The van der Waals surface area contributed by atoms with Gasteiger partial charge in [0.15, 0.2) is 0 Å². The molecule has 0 bridgehead atoms. The number of carboxylic acid groups (broad SMARTS) is 1. The third kappa shape index (κ3) is 5.58. The van der Waals surface area contributed by atoms with Gasteiger partial charge in [-0.2, -0.15) is 74.6 Å². The van der Waals surface area contributed by atoms with Crippen molar-refractivity contribution in [1.82, 2.24) is 0 Å². The molecule has 0 fully saturated rings. The third-order valence-electron chi connectivity index (χ3n) is 2.64. The molecule has 0 saturated heterocycles. The second kappa shape index (κ2) is 8.52. The Morgan fingerprint density at radius 3 is 1.13 bits per heavy atom. The maximum absolute atomic E-state index is 13.5. The Hall–Kier alpha value is -0.800. The molecule has 1 N–H and O–H groups in total. The fourth-order valence-electron chi connectivity index (χ4n) is 1.15. The van der Waals surface area contributed by atoms with Crippen LogP contribution >= 0.6 is 0 Å². The Morgan fingerprint density at radius 1 is 0.548 bits per heavy atom. The fourth-order valence-corrected chi connectivity index (χ4v) is 1.15. The van der Waals surface area contributed by atoms with Gasteiger partial charge in [0, 0.05) is 0 Å². The topological polar surface area (TPSA) is 55.8 Å². The van der Waals surface area contributed by atoms with E-state index in [1.807, 2.05) is 0 Å². The van der Waals surface area contributed by atoms with Crippen LogP contribution in [0.1, 0.15) is 0 Å². The molecule has 0 aromatic rings. The number of aliphatic carboxylic acids is 1. The van der Waals surface area contributed by atoms with Crippen molar-refractivity contribution in [3.05, 3.63) is 0 Å². The van der Waals surface area contributed by atoms with Crippen molar-refractivity contribution < 1.29 is 94.0 Å². The molecule has 2 unspecified atom stereocenters. The first-order valence-electron chi connectivity index (χ1n) is 5.96. The van der Waals surface area contributed by atoms with Gasteiger partial charge in [0.1, 0.15) is 0 Å². The first kappa shape index (κ1) is 32.4. The number of carboxylic acids is 1. The summed E-state index contributed by atoms with van der Waals surface area (Å²) >= 11 is 0. The van der Waals surface area contributed by atoms with Crippen molar-refractivity contribution >= 4 is 35.5 Å². The average Bonchev–Trinajstić information content (AvgIpc) is 2.41. The number of carbonyl (C=O) groups is 1. The zero-order valence-corrected chi connectivity index (χ0v) is 12.6. The van der Waals surface area contributed by atoms with Crippen LogP contribution in [-0.2, 0) is 14.3 Å². The van der Waals surface area contributed by atoms with Crippen LogP contribution in [0.2, 0.25) is 0 Å². The zero-order chi connectivity index (χ0) is 25.0. The van der Waals surface area contributed by atoms with E-state index < -0.39 is 54.3 Å². The van der Waals surface area contributed by atoms with Crippen molar-refractivity contribution in [3.63, 3.8) is 0 Å². The van der Waals surface area contributed by atoms with Gasteiger partial charge in [-0.05, 0) is 0 Å². The first-order chi connectivity index (χ1) is 12.6. The summed E-state index contributed by atoms with van der Waals surface area (Å²) < 4.78 is 216. The third-order valence-corrected chi connectivity index (χ3v) is 2.64. The van der Waals surface area contributed by atoms with Crippen LogP contribution in [0.15, 0.2) is 0 Å². The average molecular weight is 520 g/mol. The van der Waals surface area contributed by atoms with Crippen LogP contribution in [0.4, 0.5) is 74.6 Å². The zero-order valence-electron chi connectivity index (χ0n) is 12.6. The summed E-state index contributed by atoms with van der Waals surface area (Å²) in [7, 11) is 0. The second-order valence-corrected chi connectivity index (χ2v) is 4.80. The first-order valence-corrected chi connectivity index (χ1v) is 5.96. The molecule has 0 aromatic heterocycles. The normalized spacial score (nSPS) is 18.6. The molecule has 2 atom stereocenters. The molecule has 0 aromatic carbocycles. The van der Waals surface area contributed by atoms with Crippen LogP contribution in [0.25, 0.3) is 0 Å². The molecule has 0 aliphatic heterocycles. The van der Waals surface area contributed by atoms with E-state index in [0.29, 0.717) is 0 Å². The summed E-state index contributed by atoms with van der Waals surface area (Å²) in [5.41, 5.74) is 0. The summed E-state index contributed by atoms with van der Waals surface area (Å²) in [6.07, 6.45) is -38.8. The number of ether oxygens (including phenoxy) is 2. The summed E-state index contributed by atoms with van der Waals surface area (Å²) in [4.78, 5) is 10.1. The molecular formula is C9H2F17NaO4. The molecule has 22 heteroatoms. The van der Waals surface area contributed by atoms with Crippen LogP contribution < -0.4 is 0 Å². The van der Waals surface area contributed by atoms with Gasteiger partial charge >= 0.3 is 83.9 Å². The number of hydrogen-bond donors (Lipinski definition) is 1. The van der Waals surface area contributed by atoms with Gasteiger partial charge in [-0.15, -0.1) is 0 Å². The molecule has 0 heterocycles. The standard InChI is InChI=1S/C9HF17O4.Na.H/c10-2(1(27)28,5(14,15)16)29-9(25,26)4(13,7(20,21)22)30-8(23,24)3(11,12)6(17,18)19;;/h(H,27,28);;. The summed E-state index contributed by atoms with van der Waals surface area (Å²) in [5, 5.41) is 7.85. The van der Waals surface area contributed by atoms with E-state index in [9.17, 15) is 79.4 Å². The minimum absolute atomic E-state index is 0. The predicted octanol–water partition coefficient (Wildman–Crippen LogP) is 4.30. The number of hydrogen-bond acceptors (Lipinski definition) is 3. The molecule has 182 valence electrons. The van der Waals surface area contributed by atoms with Gasteiger partial charge in [0.25, 0.3) is 0 Å². The van der Waals surface area contributed by atoms with Crippen LogP contribution in [0, 0.1) is 0 Å². The summed E-state index contributed by atoms with van der Waals surface area (Å²) in [6, 6.07) is 0. The van der Waals surface area contributed by atoms with Gasteiger partial charge in [-0.3, -0.25) is 9.47 Å². The molecule has 0 spiro atoms. The molecule has 31 heavy (non-hydrogen) atoms. The van der Waals surface area contributed by atoms with E-state index in [0.717, 1.165) is 0 Å². The Balaban J connectivity index is 0. The van der Waals surface area contributed by atoms with Crippen molar-refractivity contribution in [1.29, 1.82) is 0 Å². The van der Waals surface area contributed by atoms with E-state index in [1.165, 1.54) is 9.47 Å². The van der Waals surface area contributed by atoms with Crippen LogP contribution in [0.3, 0.4) is 0 Å². The number of rotatable bonds is 7. The van der Waals surface area contributed by atoms with E-state index >= 15 is 0 Å². The van der Waals surface area contributed by atoms with Crippen molar-refractivity contribution in [2.24, 2.45) is 0 Å². The maximum atomic E-state index is 13.5. The molecule has 4 nitrogen and oxygen atoms in total. The summed E-state index contributed by atoms with van der Waals surface area (Å²) in [5.74, 6) is -27.3. The predicted molar refractivity (Wildman–Crippen MR) is 57.6 cm³/mol. The van der Waals surface area contributed by atoms with Crippen molar-refractivity contribution in [2.45, 2.75) is 48.4 Å². The van der Waals surface area contributed by atoms with Crippen LogP contribution in [-0.4, -0.2) is 89.0 Å². The van der Waals surface area contributed by atoms with Gasteiger partial charge in [-0.1, -0.05) is 0 Å². The molecule has 0 saturated carbocycles. The Kier molecular flexibility index (Phi) is 8.90. The molecule has 0 amide bonds. The van der Waals surface area contributed by atoms with E-state index in [-0.39, 0.29) is 29.6 Å². The van der Waals surface area contributed by atoms with Gasteiger partial charge < -0.3 is 5.11 Å². The summed E-state index contributed by atoms with van der Waals surface area (Å²) in [6.45, 7) is 0. The van der Waals surface area contributed by atoms with E-state index in [2.05, 4.69) is 0 Å². The van der Waals surface area contributed by atoms with E-state index in [1.54, 1.807) is 0 Å². The van der Waals surface area contributed by atoms with E-state index in [4.69, 9.17) is 5.11 Å². The van der Waals surface area contributed by atoms with Gasteiger partial charge in [0.05, 0.1) is 0 Å². The second-order valence-electron chi connectivity index (χ2n) is 4.80. The van der Waals surface area contributed by atoms with Crippen molar-refractivity contribution in [3.8, 4) is 0 Å². The SMILES string of the molecule is O=C(O)C(F)(OC(F)(F)C(F)(OC(F)(F)C(F)(F)C(F)(F)F)C(F)(F)F)C(F)(F)F.[NaH]. The number of halogens is 17.